The Bertz CT molecular complexity index is 414. The van der Waals surface area contributed by atoms with Gasteiger partial charge in [0.2, 0.25) is 5.91 Å². The van der Waals surface area contributed by atoms with E-state index >= 15 is 0 Å². The third kappa shape index (κ3) is 6.02. The molecule has 2 heterocycles. The van der Waals surface area contributed by atoms with Crippen molar-refractivity contribution >= 4 is 42.1 Å². The molecule has 5 nitrogen and oxygen atoms in total. The number of nitrogens with zero attached hydrogens (tertiary/aromatic N) is 1. The Kier molecular flexibility index (Phi) is 11.0. The fourth-order valence-corrected chi connectivity index (χ4v) is 3.39. The summed E-state index contributed by atoms with van der Waals surface area (Å²) in [4.78, 5) is 15.6. The van der Waals surface area contributed by atoms with Gasteiger partial charge in [-0.3, -0.25) is 9.69 Å². The topological polar surface area (TPSA) is 67.6 Å². The molecule has 1 aliphatic heterocycles. The van der Waals surface area contributed by atoms with Crippen LogP contribution in [0.4, 0.5) is 0 Å². The number of carbonyl (C=O) groups excluding carboxylic acids is 1. The maximum Gasteiger partial charge on any atom is 0.239 e. The van der Waals surface area contributed by atoms with Crippen molar-refractivity contribution in [3.05, 3.63) is 22.4 Å². The van der Waals surface area contributed by atoms with Gasteiger partial charge in [-0.15, -0.1) is 36.2 Å². The molecule has 0 aliphatic carbocycles. The summed E-state index contributed by atoms with van der Waals surface area (Å²) < 4.78 is 4.91. The van der Waals surface area contributed by atoms with E-state index in [2.05, 4.69) is 27.7 Å². The van der Waals surface area contributed by atoms with Gasteiger partial charge in [0.05, 0.1) is 12.6 Å². The molecule has 1 aromatic heterocycles. The van der Waals surface area contributed by atoms with E-state index in [1.807, 2.05) is 0 Å². The maximum absolute atomic E-state index is 11.9. The molecule has 1 fully saturated rings. The molecule has 128 valence electrons. The Morgan fingerprint density at radius 2 is 2.14 bits per heavy atom. The predicted molar refractivity (Wildman–Crippen MR) is 95.2 cm³/mol. The molecule has 1 aliphatic rings. The van der Waals surface area contributed by atoms with Crippen LogP contribution in [0.25, 0.3) is 0 Å². The van der Waals surface area contributed by atoms with Gasteiger partial charge in [0.1, 0.15) is 6.04 Å². The number of thiophene rings is 1. The lowest BCUT2D eigenvalue weighted by molar-refractivity contribution is -0.123. The van der Waals surface area contributed by atoms with Crippen LogP contribution in [0, 0.1) is 0 Å². The first-order valence-electron chi connectivity index (χ1n) is 7.02. The van der Waals surface area contributed by atoms with E-state index in [-0.39, 0.29) is 43.4 Å². The molecule has 3 N–H and O–H groups in total. The number of amides is 1. The highest BCUT2D eigenvalue weighted by Gasteiger charge is 2.25. The van der Waals surface area contributed by atoms with Crippen molar-refractivity contribution in [1.29, 1.82) is 0 Å². The maximum atomic E-state index is 11.9. The van der Waals surface area contributed by atoms with Crippen molar-refractivity contribution in [2.24, 2.45) is 5.73 Å². The normalized spacial score (nSPS) is 17.2. The molecule has 22 heavy (non-hydrogen) atoms. The van der Waals surface area contributed by atoms with Crippen molar-refractivity contribution in [1.82, 2.24) is 10.2 Å². The van der Waals surface area contributed by atoms with Gasteiger partial charge < -0.3 is 15.8 Å². The van der Waals surface area contributed by atoms with Crippen molar-refractivity contribution in [2.75, 3.05) is 33.4 Å². The van der Waals surface area contributed by atoms with Crippen molar-refractivity contribution in [3.63, 3.8) is 0 Å². The second-order valence-electron chi connectivity index (χ2n) is 5.08. The van der Waals surface area contributed by atoms with Crippen LogP contribution in [0.1, 0.15) is 23.8 Å². The Morgan fingerprint density at radius 1 is 1.45 bits per heavy atom. The molecule has 0 bridgehead atoms. The summed E-state index contributed by atoms with van der Waals surface area (Å²) in [5.41, 5.74) is 5.74. The number of carbonyl (C=O) groups is 1. The fraction of sp³-hybridized carbons (Fsp3) is 0.643. The summed E-state index contributed by atoms with van der Waals surface area (Å²) in [5.74, 6) is -0.146. The van der Waals surface area contributed by atoms with Crippen molar-refractivity contribution < 1.29 is 9.53 Å². The second kappa shape index (κ2) is 11.2. The summed E-state index contributed by atoms with van der Waals surface area (Å²) in [6, 6.07) is 3.86. The second-order valence-corrected chi connectivity index (χ2v) is 6.06. The zero-order valence-corrected chi connectivity index (χ0v) is 15.1. The number of nitrogens with one attached hydrogen (secondary N) is 1. The predicted octanol–water partition coefficient (Wildman–Crippen LogP) is 1.82. The molecule has 2 unspecified atom stereocenters. The number of halogens is 2. The lowest BCUT2D eigenvalue weighted by atomic mass is 10.2. The molecule has 2 rings (SSSR count). The summed E-state index contributed by atoms with van der Waals surface area (Å²) in [6.45, 7) is 3.06. The van der Waals surface area contributed by atoms with Gasteiger partial charge in [-0.1, -0.05) is 6.07 Å². The fourth-order valence-electron chi connectivity index (χ4n) is 2.53. The van der Waals surface area contributed by atoms with Crippen LogP contribution in [0.2, 0.25) is 0 Å². The number of likely N-dealkylation sites (tertiary alicyclic amines) is 1. The number of hydrogen-bond acceptors (Lipinski definition) is 5. The number of hydrogen-bond donors (Lipinski definition) is 2. The summed E-state index contributed by atoms with van der Waals surface area (Å²) >= 11 is 1.74. The molecule has 1 saturated heterocycles. The minimum absolute atomic E-state index is 0. The van der Waals surface area contributed by atoms with Gasteiger partial charge >= 0.3 is 0 Å². The van der Waals surface area contributed by atoms with Crippen LogP contribution in [0.5, 0.6) is 0 Å². The summed E-state index contributed by atoms with van der Waals surface area (Å²) in [5, 5.41) is 5.03. The first-order valence-corrected chi connectivity index (χ1v) is 7.90. The highest BCUT2D eigenvalue weighted by molar-refractivity contribution is 7.10. The average molecular weight is 370 g/mol. The Labute approximate surface area is 148 Å². The third-order valence-corrected chi connectivity index (χ3v) is 4.58. The molecule has 0 saturated carbocycles. The zero-order valence-electron chi connectivity index (χ0n) is 12.7. The molecular formula is C14H25Cl2N3O2S. The quantitative estimate of drug-likeness (QED) is 0.768. The van der Waals surface area contributed by atoms with E-state index < -0.39 is 6.04 Å². The summed E-state index contributed by atoms with van der Waals surface area (Å²) in [6.07, 6.45) is 2.47. The monoisotopic (exact) mass is 369 g/mol. The molecule has 0 aromatic carbocycles. The van der Waals surface area contributed by atoms with E-state index in [9.17, 15) is 4.79 Å². The number of ether oxygens (including phenoxy) is 1. The Hall–Kier alpha value is -0.370. The minimum Gasteiger partial charge on any atom is -0.383 e. The molecular weight excluding hydrogens is 345 g/mol. The molecule has 1 aromatic rings. The van der Waals surface area contributed by atoms with Crippen molar-refractivity contribution in [2.45, 2.75) is 24.9 Å². The largest absolute Gasteiger partial charge is 0.383 e. The van der Waals surface area contributed by atoms with Crippen LogP contribution in [0.3, 0.4) is 0 Å². The van der Waals surface area contributed by atoms with Gasteiger partial charge in [0, 0.05) is 18.5 Å². The van der Waals surface area contributed by atoms with Gasteiger partial charge in [-0.05, 0) is 37.4 Å². The van der Waals surface area contributed by atoms with E-state index in [1.165, 1.54) is 17.7 Å². The Balaban J connectivity index is 0.00000220. The molecule has 2 atom stereocenters. The molecule has 8 heteroatoms. The van der Waals surface area contributed by atoms with E-state index in [0.29, 0.717) is 6.54 Å². The number of nitrogens with two attached hydrogens (primary N) is 1. The van der Waals surface area contributed by atoms with Crippen LogP contribution >= 0.6 is 36.2 Å². The van der Waals surface area contributed by atoms with E-state index in [0.717, 1.165) is 13.1 Å². The molecule has 0 spiro atoms. The number of methoxy groups -OCH3 is 1. The standard InChI is InChI=1S/C14H23N3O2S.2ClH/c1-19-10-11(15)14(18)16-9-12(13-5-4-8-20-13)17-6-2-3-7-17;;/h4-5,8,11-12H,2-3,6-7,9-10,15H2,1H3,(H,16,18);2*1H. The molecule has 1 amide bonds. The third-order valence-electron chi connectivity index (χ3n) is 3.61. The lowest BCUT2D eigenvalue weighted by Crippen LogP contribution is -2.46. The zero-order chi connectivity index (χ0) is 14.4. The van der Waals surface area contributed by atoms with E-state index in [1.54, 1.807) is 18.4 Å². The smallest absolute Gasteiger partial charge is 0.239 e. The van der Waals surface area contributed by atoms with Gasteiger partial charge in [-0.2, -0.15) is 0 Å². The summed E-state index contributed by atoms with van der Waals surface area (Å²) in [7, 11) is 1.55. The van der Waals surface area contributed by atoms with Gasteiger partial charge in [-0.25, -0.2) is 0 Å². The lowest BCUT2D eigenvalue weighted by Gasteiger charge is -2.27. The minimum atomic E-state index is -0.595. The SMILES string of the molecule is COCC(N)C(=O)NCC(c1cccs1)N1CCCC1.Cl.Cl. The highest BCUT2D eigenvalue weighted by atomic mass is 35.5. The van der Waals surface area contributed by atoms with Gasteiger partial charge in [0.15, 0.2) is 0 Å². The van der Waals surface area contributed by atoms with Gasteiger partial charge in [0.25, 0.3) is 0 Å². The van der Waals surface area contributed by atoms with Crippen LogP contribution in [-0.2, 0) is 9.53 Å². The first-order chi connectivity index (χ1) is 9.72. The molecule has 0 radical (unpaired) electrons. The van der Waals surface area contributed by atoms with Crippen molar-refractivity contribution in [3.8, 4) is 0 Å². The highest BCUT2D eigenvalue weighted by Crippen LogP contribution is 2.27. The van der Waals surface area contributed by atoms with Crippen LogP contribution in [0.15, 0.2) is 17.5 Å². The first kappa shape index (κ1) is 21.6. The van der Waals surface area contributed by atoms with Crippen LogP contribution < -0.4 is 11.1 Å². The average Bonchev–Trinajstić information content (AvgIpc) is 3.12. The number of rotatable bonds is 7. The van der Waals surface area contributed by atoms with Crippen LogP contribution in [-0.4, -0.2) is 50.2 Å². The van der Waals surface area contributed by atoms with E-state index in [4.69, 9.17) is 10.5 Å². The Morgan fingerprint density at radius 3 is 2.68 bits per heavy atom.